The maximum atomic E-state index is 12.6. The van der Waals surface area contributed by atoms with E-state index in [2.05, 4.69) is 19.7 Å². The van der Waals surface area contributed by atoms with E-state index in [9.17, 15) is 8.42 Å². The third-order valence-corrected chi connectivity index (χ3v) is 6.48. The molecule has 0 saturated heterocycles. The fourth-order valence-electron chi connectivity index (χ4n) is 3.32. The Bertz CT molecular complexity index is 1300. The lowest BCUT2D eigenvalue weighted by Gasteiger charge is -2.10. The number of hydrogen-bond acceptors (Lipinski definition) is 5. The summed E-state index contributed by atoms with van der Waals surface area (Å²) in [6, 6.07) is 13.5. The van der Waals surface area contributed by atoms with Crippen LogP contribution in [-0.2, 0) is 10.0 Å². The van der Waals surface area contributed by atoms with Gasteiger partial charge in [0.25, 0.3) is 0 Å². The summed E-state index contributed by atoms with van der Waals surface area (Å²) in [7, 11) is -3.55. The van der Waals surface area contributed by atoms with Crippen molar-refractivity contribution in [2.45, 2.75) is 23.8 Å². The Balaban J connectivity index is 1.60. The van der Waals surface area contributed by atoms with Crippen LogP contribution in [0.1, 0.15) is 12.8 Å². The SMILES string of the molecule is O=S(=O)(NC1CC1)c1cncc(-c2ccc3nccc(-c4ccncc4)c3c2)c1. The van der Waals surface area contributed by atoms with Crippen molar-refractivity contribution in [1.29, 1.82) is 0 Å². The fraction of sp³-hybridized carbons (Fsp3) is 0.136. The molecule has 1 aliphatic carbocycles. The van der Waals surface area contributed by atoms with Gasteiger partial charge in [-0.05, 0) is 65.9 Å². The van der Waals surface area contributed by atoms with E-state index in [4.69, 9.17) is 0 Å². The number of nitrogens with one attached hydrogen (secondary N) is 1. The molecule has 0 aliphatic heterocycles. The summed E-state index contributed by atoms with van der Waals surface area (Å²) in [6.45, 7) is 0. The number of rotatable bonds is 5. The molecule has 3 aromatic heterocycles. The highest BCUT2D eigenvalue weighted by molar-refractivity contribution is 7.89. The highest BCUT2D eigenvalue weighted by atomic mass is 32.2. The van der Waals surface area contributed by atoms with Crippen molar-refractivity contribution < 1.29 is 8.42 Å². The minimum atomic E-state index is -3.55. The van der Waals surface area contributed by atoms with E-state index in [1.54, 1.807) is 30.9 Å². The molecule has 6 nitrogen and oxygen atoms in total. The topological polar surface area (TPSA) is 84.8 Å². The first kappa shape index (κ1) is 17.9. The highest BCUT2D eigenvalue weighted by Gasteiger charge is 2.28. The molecule has 1 N–H and O–H groups in total. The third-order valence-electron chi connectivity index (χ3n) is 4.99. The molecule has 0 atom stereocenters. The zero-order valence-corrected chi connectivity index (χ0v) is 16.3. The van der Waals surface area contributed by atoms with Crippen LogP contribution in [0.3, 0.4) is 0 Å². The fourth-order valence-corrected chi connectivity index (χ4v) is 4.61. The molecule has 4 aromatic rings. The van der Waals surface area contributed by atoms with Crippen LogP contribution in [0.15, 0.2) is 78.3 Å². The van der Waals surface area contributed by atoms with Crippen LogP contribution in [0.25, 0.3) is 33.2 Å². The molecule has 1 aliphatic rings. The van der Waals surface area contributed by atoms with Crippen molar-refractivity contribution in [3.8, 4) is 22.3 Å². The van der Waals surface area contributed by atoms with Gasteiger partial charge in [0.15, 0.2) is 0 Å². The maximum absolute atomic E-state index is 12.6. The second kappa shape index (κ2) is 7.02. The van der Waals surface area contributed by atoms with Crippen LogP contribution < -0.4 is 4.72 Å². The van der Waals surface area contributed by atoms with E-state index >= 15 is 0 Å². The van der Waals surface area contributed by atoms with Gasteiger partial charge in [-0.15, -0.1) is 0 Å². The Morgan fingerprint density at radius 3 is 2.45 bits per heavy atom. The largest absolute Gasteiger partial charge is 0.265 e. The van der Waals surface area contributed by atoms with Crippen LogP contribution in [0.2, 0.25) is 0 Å². The average Bonchev–Trinajstić information content (AvgIpc) is 3.57. The Morgan fingerprint density at radius 1 is 0.828 bits per heavy atom. The molecule has 1 fully saturated rings. The molecular formula is C22H18N4O2S. The summed E-state index contributed by atoms with van der Waals surface area (Å²) in [5.41, 5.74) is 4.60. The number of benzene rings is 1. The van der Waals surface area contributed by atoms with Crippen LogP contribution in [0.4, 0.5) is 0 Å². The first-order chi connectivity index (χ1) is 14.1. The van der Waals surface area contributed by atoms with Gasteiger partial charge in [-0.25, -0.2) is 13.1 Å². The molecule has 0 unspecified atom stereocenters. The Kier molecular flexibility index (Phi) is 4.34. The molecule has 7 heteroatoms. The van der Waals surface area contributed by atoms with Crippen molar-refractivity contribution in [3.05, 3.63) is 73.4 Å². The molecule has 3 heterocycles. The molecule has 0 spiro atoms. The molecule has 0 bridgehead atoms. The van der Waals surface area contributed by atoms with Gasteiger partial charge >= 0.3 is 0 Å². The van der Waals surface area contributed by atoms with E-state index in [0.717, 1.165) is 46.0 Å². The number of fused-ring (bicyclic) bond motifs is 1. The lowest BCUT2D eigenvalue weighted by atomic mass is 9.98. The zero-order chi connectivity index (χ0) is 19.8. The summed E-state index contributed by atoms with van der Waals surface area (Å²) in [4.78, 5) is 12.9. The Morgan fingerprint density at radius 2 is 1.66 bits per heavy atom. The zero-order valence-electron chi connectivity index (χ0n) is 15.5. The quantitative estimate of drug-likeness (QED) is 0.549. The molecule has 0 radical (unpaired) electrons. The third kappa shape index (κ3) is 3.62. The first-order valence-corrected chi connectivity index (χ1v) is 10.9. The van der Waals surface area contributed by atoms with Gasteiger partial charge in [-0.3, -0.25) is 15.0 Å². The van der Waals surface area contributed by atoms with Gasteiger partial charge in [0.2, 0.25) is 10.0 Å². The number of pyridine rings is 3. The maximum Gasteiger partial charge on any atom is 0.242 e. The van der Waals surface area contributed by atoms with Crippen LogP contribution in [0.5, 0.6) is 0 Å². The number of aromatic nitrogens is 3. The van der Waals surface area contributed by atoms with Crippen molar-refractivity contribution in [2.24, 2.45) is 0 Å². The highest BCUT2D eigenvalue weighted by Crippen LogP contribution is 2.31. The van der Waals surface area contributed by atoms with Gasteiger partial charge in [0.1, 0.15) is 4.90 Å². The van der Waals surface area contributed by atoms with Crippen LogP contribution >= 0.6 is 0 Å². The summed E-state index contributed by atoms with van der Waals surface area (Å²) in [5, 5.41) is 0.987. The molecule has 0 amide bonds. The minimum Gasteiger partial charge on any atom is -0.265 e. The van der Waals surface area contributed by atoms with E-state index < -0.39 is 10.0 Å². The molecule has 144 valence electrons. The monoisotopic (exact) mass is 402 g/mol. The second-order valence-corrected chi connectivity index (χ2v) is 8.85. The molecule has 1 saturated carbocycles. The van der Waals surface area contributed by atoms with E-state index in [-0.39, 0.29) is 10.9 Å². The van der Waals surface area contributed by atoms with Crippen molar-refractivity contribution in [3.63, 3.8) is 0 Å². The normalized spacial score (nSPS) is 14.2. The standard InChI is InChI=1S/C22H18N4O2S/c27-29(28,26-18-2-3-18)19-11-17(13-24-14-19)16-1-4-22-21(12-16)20(7-10-25-22)15-5-8-23-9-6-15/h1,4-14,18,26H,2-3H2. The van der Waals surface area contributed by atoms with Gasteiger partial charge in [0, 0.05) is 48.0 Å². The predicted octanol–water partition coefficient (Wildman–Crippen LogP) is 3.80. The van der Waals surface area contributed by atoms with Gasteiger partial charge in [-0.1, -0.05) is 6.07 Å². The summed E-state index contributed by atoms with van der Waals surface area (Å²) >= 11 is 0. The molecular weight excluding hydrogens is 384 g/mol. The van der Waals surface area contributed by atoms with Crippen LogP contribution in [0, 0.1) is 0 Å². The molecule has 29 heavy (non-hydrogen) atoms. The number of sulfonamides is 1. The second-order valence-electron chi connectivity index (χ2n) is 7.13. The molecule has 5 rings (SSSR count). The first-order valence-electron chi connectivity index (χ1n) is 9.37. The molecule has 1 aromatic carbocycles. The number of hydrogen-bond donors (Lipinski definition) is 1. The van der Waals surface area contributed by atoms with E-state index in [1.165, 1.54) is 6.20 Å². The minimum absolute atomic E-state index is 0.0540. The number of nitrogens with zero attached hydrogens (tertiary/aromatic N) is 3. The van der Waals surface area contributed by atoms with Crippen molar-refractivity contribution in [2.75, 3.05) is 0 Å². The average molecular weight is 402 g/mol. The predicted molar refractivity (Wildman–Crippen MR) is 112 cm³/mol. The summed E-state index contributed by atoms with van der Waals surface area (Å²) < 4.78 is 27.8. The van der Waals surface area contributed by atoms with E-state index in [1.807, 2.05) is 36.4 Å². The smallest absolute Gasteiger partial charge is 0.242 e. The van der Waals surface area contributed by atoms with E-state index in [0.29, 0.717) is 0 Å². The summed E-state index contributed by atoms with van der Waals surface area (Å²) in [6.07, 6.45) is 10.2. The van der Waals surface area contributed by atoms with Crippen LogP contribution in [-0.4, -0.2) is 29.4 Å². The van der Waals surface area contributed by atoms with Gasteiger partial charge in [0.05, 0.1) is 5.52 Å². The Labute approximate surface area is 168 Å². The van der Waals surface area contributed by atoms with Gasteiger partial charge < -0.3 is 0 Å². The Hall–Kier alpha value is -3.16. The lowest BCUT2D eigenvalue weighted by molar-refractivity contribution is 0.580. The lowest BCUT2D eigenvalue weighted by Crippen LogP contribution is -2.25. The van der Waals surface area contributed by atoms with Crippen molar-refractivity contribution >= 4 is 20.9 Å². The summed E-state index contributed by atoms with van der Waals surface area (Å²) in [5.74, 6) is 0. The van der Waals surface area contributed by atoms with Crippen molar-refractivity contribution in [1.82, 2.24) is 19.7 Å². The van der Waals surface area contributed by atoms with Gasteiger partial charge in [-0.2, -0.15) is 0 Å².